The Morgan fingerprint density at radius 2 is 2.11 bits per heavy atom. The summed E-state index contributed by atoms with van der Waals surface area (Å²) in [6, 6.07) is 9.19. The summed E-state index contributed by atoms with van der Waals surface area (Å²) in [5, 5.41) is 20.9. The van der Waals surface area contributed by atoms with Gasteiger partial charge in [-0.25, -0.2) is 0 Å². The monoisotopic (exact) mass is 246 g/mol. The Kier molecular flexibility index (Phi) is 3.66. The van der Waals surface area contributed by atoms with Gasteiger partial charge in [-0.2, -0.15) is 4.80 Å². The van der Waals surface area contributed by atoms with Crippen molar-refractivity contribution in [1.29, 1.82) is 0 Å². The molecular formula is C12H14N4O2. The van der Waals surface area contributed by atoms with Gasteiger partial charge in [-0.15, -0.1) is 10.2 Å². The Hall–Kier alpha value is -2.24. The van der Waals surface area contributed by atoms with Crippen molar-refractivity contribution in [3.8, 4) is 0 Å². The minimum atomic E-state index is -0.829. The van der Waals surface area contributed by atoms with Gasteiger partial charge in [-0.3, -0.25) is 4.79 Å². The number of carboxylic acids is 1. The summed E-state index contributed by atoms with van der Waals surface area (Å²) in [4.78, 5) is 12.6. The highest BCUT2D eigenvalue weighted by Crippen LogP contribution is 2.21. The van der Waals surface area contributed by atoms with Crippen molar-refractivity contribution in [3.63, 3.8) is 0 Å². The smallest absolute Gasteiger partial charge is 0.310 e. The molecule has 18 heavy (non-hydrogen) atoms. The summed E-state index contributed by atoms with van der Waals surface area (Å²) in [5.74, 6) is -0.792. The number of tetrazole rings is 1. The molecule has 94 valence electrons. The highest BCUT2D eigenvalue weighted by atomic mass is 16.4. The lowest BCUT2D eigenvalue weighted by Crippen LogP contribution is -2.13. The fourth-order valence-corrected chi connectivity index (χ4v) is 1.81. The summed E-state index contributed by atoms with van der Waals surface area (Å²) in [6.07, 6.45) is 0.963. The zero-order valence-electron chi connectivity index (χ0n) is 10.0. The minimum absolute atomic E-state index is 0.463. The van der Waals surface area contributed by atoms with Crippen LogP contribution in [0.4, 0.5) is 0 Å². The first kappa shape index (κ1) is 12.2. The van der Waals surface area contributed by atoms with E-state index in [-0.39, 0.29) is 0 Å². The number of nitrogens with zero attached hydrogens (tertiary/aromatic N) is 4. The van der Waals surface area contributed by atoms with Gasteiger partial charge in [-0.05, 0) is 17.2 Å². The summed E-state index contributed by atoms with van der Waals surface area (Å²) < 4.78 is 0. The summed E-state index contributed by atoms with van der Waals surface area (Å²) in [7, 11) is 1.68. The molecule has 0 amide bonds. The van der Waals surface area contributed by atoms with Crippen LogP contribution in [0.1, 0.15) is 23.7 Å². The van der Waals surface area contributed by atoms with Gasteiger partial charge in [0.2, 0.25) is 0 Å². The number of aromatic nitrogens is 4. The summed E-state index contributed by atoms with van der Waals surface area (Å²) in [5.41, 5.74) is 0.800. The number of carboxylic acid groups (broad SMARTS) is 1. The maximum absolute atomic E-state index is 11.3. The highest BCUT2D eigenvalue weighted by Gasteiger charge is 2.20. The van der Waals surface area contributed by atoms with E-state index in [2.05, 4.69) is 15.4 Å². The van der Waals surface area contributed by atoms with Gasteiger partial charge in [0.25, 0.3) is 0 Å². The molecule has 1 N–H and O–H groups in total. The molecule has 1 heterocycles. The predicted octanol–water partition coefficient (Wildman–Crippen LogP) is 1.01. The fourth-order valence-electron chi connectivity index (χ4n) is 1.81. The quantitative estimate of drug-likeness (QED) is 0.851. The van der Waals surface area contributed by atoms with Gasteiger partial charge >= 0.3 is 5.97 Å². The predicted molar refractivity (Wildman–Crippen MR) is 63.9 cm³/mol. The Labute approximate surface area is 104 Å². The van der Waals surface area contributed by atoms with Crippen molar-refractivity contribution in [2.75, 3.05) is 0 Å². The molecule has 0 bridgehead atoms. The lowest BCUT2D eigenvalue weighted by atomic mass is 9.94. The first-order valence-electron chi connectivity index (χ1n) is 5.67. The first-order valence-corrected chi connectivity index (χ1v) is 5.67. The molecule has 1 unspecified atom stereocenters. The number of benzene rings is 1. The number of rotatable bonds is 5. The average molecular weight is 246 g/mol. The van der Waals surface area contributed by atoms with Gasteiger partial charge in [0.05, 0.1) is 13.0 Å². The molecule has 6 nitrogen and oxygen atoms in total. The van der Waals surface area contributed by atoms with Crippen molar-refractivity contribution >= 4 is 5.97 Å². The second-order valence-electron chi connectivity index (χ2n) is 4.04. The van der Waals surface area contributed by atoms with Crippen LogP contribution in [0, 0.1) is 0 Å². The molecule has 0 spiro atoms. The first-order chi connectivity index (χ1) is 8.66. The van der Waals surface area contributed by atoms with Gasteiger partial charge in [0.1, 0.15) is 0 Å². The Morgan fingerprint density at radius 1 is 1.39 bits per heavy atom. The van der Waals surface area contributed by atoms with E-state index in [0.29, 0.717) is 18.7 Å². The normalized spacial score (nSPS) is 12.3. The van der Waals surface area contributed by atoms with E-state index in [9.17, 15) is 9.90 Å². The standard InChI is InChI=1S/C12H14N4O2/c1-16-14-11(13-15-16)8-7-10(12(17)18)9-5-3-2-4-6-9/h2-6,10H,7-8H2,1H3,(H,17,18). The van der Waals surface area contributed by atoms with Crippen molar-refractivity contribution in [2.24, 2.45) is 7.05 Å². The average Bonchev–Trinajstić information content (AvgIpc) is 2.76. The van der Waals surface area contributed by atoms with E-state index in [1.165, 1.54) is 4.80 Å². The van der Waals surface area contributed by atoms with Crippen molar-refractivity contribution < 1.29 is 9.90 Å². The molecule has 0 aliphatic heterocycles. The Bertz CT molecular complexity index is 524. The van der Waals surface area contributed by atoms with E-state index in [1.54, 1.807) is 7.05 Å². The molecular weight excluding hydrogens is 232 g/mol. The molecule has 6 heteroatoms. The van der Waals surface area contributed by atoms with Crippen LogP contribution in [0.25, 0.3) is 0 Å². The second kappa shape index (κ2) is 5.39. The van der Waals surface area contributed by atoms with Crippen molar-refractivity contribution in [3.05, 3.63) is 41.7 Å². The number of aliphatic carboxylic acids is 1. The topological polar surface area (TPSA) is 80.9 Å². The van der Waals surface area contributed by atoms with Crippen LogP contribution in [0.5, 0.6) is 0 Å². The molecule has 0 saturated carbocycles. The molecule has 1 atom stereocenters. The zero-order valence-corrected chi connectivity index (χ0v) is 10.0. The van der Waals surface area contributed by atoms with E-state index in [1.807, 2.05) is 30.3 Å². The van der Waals surface area contributed by atoms with E-state index in [4.69, 9.17) is 0 Å². The van der Waals surface area contributed by atoms with Gasteiger partial charge < -0.3 is 5.11 Å². The molecule has 1 aromatic carbocycles. The molecule has 1 aromatic heterocycles. The van der Waals surface area contributed by atoms with E-state index < -0.39 is 11.9 Å². The zero-order chi connectivity index (χ0) is 13.0. The van der Waals surface area contributed by atoms with Crippen LogP contribution < -0.4 is 0 Å². The molecule has 2 aromatic rings. The summed E-state index contributed by atoms with van der Waals surface area (Å²) in [6.45, 7) is 0. The second-order valence-corrected chi connectivity index (χ2v) is 4.04. The van der Waals surface area contributed by atoms with Crippen LogP contribution in [0.15, 0.2) is 30.3 Å². The molecule has 0 radical (unpaired) electrons. The van der Waals surface area contributed by atoms with Gasteiger partial charge in [0, 0.05) is 6.42 Å². The lowest BCUT2D eigenvalue weighted by Gasteiger charge is -2.11. The van der Waals surface area contributed by atoms with Crippen molar-refractivity contribution in [2.45, 2.75) is 18.8 Å². The maximum atomic E-state index is 11.3. The van der Waals surface area contributed by atoms with Crippen LogP contribution in [0.2, 0.25) is 0 Å². The molecule has 0 aliphatic rings. The number of carbonyl (C=O) groups is 1. The third kappa shape index (κ3) is 2.91. The fraction of sp³-hybridized carbons (Fsp3) is 0.333. The third-order valence-corrected chi connectivity index (χ3v) is 2.71. The van der Waals surface area contributed by atoms with Crippen LogP contribution in [0.3, 0.4) is 0 Å². The van der Waals surface area contributed by atoms with Crippen molar-refractivity contribution in [1.82, 2.24) is 20.2 Å². The molecule has 0 saturated heterocycles. The number of aryl methyl sites for hydroxylation is 2. The van der Waals surface area contributed by atoms with E-state index >= 15 is 0 Å². The number of hydrogen-bond acceptors (Lipinski definition) is 4. The third-order valence-electron chi connectivity index (χ3n) is 2.71. The van der Waals surface area contributed by atoms with Gasteiger partial charge in [0.15, 0.2) is 5.82 Å². The van der Waals surface area contributed by atoms with Crippen LogP contribution >= 0.6 is 0 Å². The van der Waals surface area contributed by atoms with Crippen LogP contribution in [-0.2, 0) is 18.3 Å². The summed E-state index contributed by atoms with van der Waals surface area (Å²) >= 11 is 0. The van der Waals surface area contributed by atoms with E-state index in [0.717, 1.165) is 5.56 Å². The SMILES string of the molecule is Cn1nnc(CCC(C(=O)O)c2ccccc2)n1. The largest absolute Gasteiger partial charge is 0.481 e. The lowest BCUT2D eigenvalue weighted by molar-refractivity contribution is -0.138. The number of hydrogen-bond donors (Lipinski definition) is 1. The molecule has 0 fully saturated rings. The minimum Gasteiger partial charge on any atom is -0.481 e. The molecule has 2 rings (SSSR count). The highest BCUT2D eigenvalue weighted by molar-refractivity contribution is 5.76. The van der Waals surface area contributed by atoms with Crippen LogP contribution in [-0.4, -0.2) is 31.3 Å². The maximum Gasteiger partial charge on any atom is 0.310 e. The Morgan fingerprint density at radius 3 is 2.67 bits per heavy atom. The molecule has 0 aliphatic carbocycles. The Balaban J connectivity index is 2.06. The van der Waals surface area contributed by atoms with Gasteiger partial charge in [-0.1, -0.05) is 30.3 Å².